The molecule has 0 aromatic heterocycles. The third kappa shape index (κ3) is 6.65. The van der Waals surface area contributed by atoms with Crippen LogP contribution in [0.3, 0.4) is 0 Å². The first-order chi connectivity index (χ1) is 13.8. The van der Waals surface area contributed by atoms with Crippen molar-refractivity contribution in [2.45, 2.75) is 19.4 Å². The molecule has 0 bridgehead atoms. The Kier molecular flexibility index (Phi) is 7.79. The number of nitrogens with one attached hydrogen (secondary N) is 1. The van der Waals surface area contributed by atoms with Gasteiger partial charge in [0.1, 0.15) is 0 Å². The van der Waals surface area contributed by atoms with E-state index in [0.717, 1.165) is 11.1 Å². The molecule has 2 amide bonds. The molecule has 7 nitrogen and oxygen atoms in total. The summed E-state index contributed by atoms with van der Waals surface area (Å²) in [5.74, 6) is -3.26. The Hall–Kier alpha value is -3.32. The summed E-state index contributed by atoms with van der Waals surface area (Å²) in [5, 5.41) is 12.8. The maximum atomic E-state index is 12.1. The van der Waals surface area contributed by atoms with Crippen molar-refractivity contribution in [2.24, 2.45) is 5.73 Å². The standard InChI is InChI=1S/C21H21ClN2O5/c1-2-29-20(27)11-17(24-21(28)18(25)12-19(23)26)14-8-6-13(7-9-14)15-4-3-5-16(22)10-15/h3-10,12,17,25H,2,11H2,1H3,(H2,23,26)(H,24,28)/b18-12-. The lowest BCUT2D eigenvalue weighted by Crippen LogP contribution is -2.32. The Balaban J connectivity index is 2.26. The number of rotatable bonds is 8. The van der Waals surface area contributed by atoms with Crippen LogP contribution in [0.2, 0.25) is 5.02 Å². The highest BCUT2D eigenvalue weighted by atomic mass is 35.5. The quantitative estimate of drug-likeness (QED) is 0.347. The molecule has 0 saturated carbocycles. The third-order valence-electron chi connectivity index (χ3n) is 3.96. The Morgan fingerprint density at radius 2 is 1.86 bits per heavy atom. The normalized spacial score (nSPS) is 12.1. The first-order valence-corrected chi connectivity index (χ1v) is 9.20. The number of carbonyl (C=O) groups excluding carboxylic acids is 3. The van der Waals surface area contributed by atoms with Crippen LogP contribution in [-0.2, 0) is 19.1 Å². The van der Waals surface area contributed by atoms with Gasteiger partial charge in [-0.3, -0.25) is 14.4 Å². The van der Waals surface area contributed by atoms with Gasteiger partial charge in [0.25, 0.3) is 5.91 Å². The second-order valence-electron chi connectivity index (χ2n) is 6.10. The van der Waals surface area contributed by atoms with Gasteiger partial charge in [0.15, 0.2) is 5.76 Å². The van der Waals surface area contributed by atoms with Crippen LogP contribution >= 0.6 is 11.6 Å². The van der Waals surface area contributed by atoms with E-state index in [4.69, 9.17) is 22.1 Å². The second kappa shape index (κ2) is 10.3. The summed E-state index contributed by atoms with van der Waals surface area (Å²) in [6, 6.07) is 13.7. The van der Waals surface area contributed by atoms with Crippen molar-refractivity contribution in [1.82, 2.24) is 5.32 Å². The molecule has 0 spiro atoms. The molecule has 2 rings (SSSR count). The van der Waals surface area contributed by atoms with Crippen LogP contribution in [0.15, 0.2) is 60.4 Å². The van der Waals surface area contributed by atoms with E-state index in [1.54, 1.807) is 25.1 Å². The molecule has 8 heteroatoms. The maximum Gasteiger partial charge on any atom is 0.308 e. The Labute approximate surface area is 173 Å². The van der Waals surface area contributed by atoms with Crippen LogP contribution in [0.4, 0.5) is 0 Å². The molecule has 0 radical (unpaired) electrons. The van der Waals surface area contributed by atoms with E-state index in [2.05, 4.69) is 5.32 Å². The molecule has 0 fully saturated rings. The topological polar surface area (TPSA) is 119 Å². The van der Waals surface area contributed by atoms with Gasteiger partial charge in [-0.2, -0.15) is 0 Å². The fraction of sp³-hybridized carbons (Fsp3) is 0.190. The summed E-state index contributed by atoms with van der Waals surface area (Å²) < 4.78 is 4.95. The van der Waals surface area contributed by atoms with Crippen LogP contribution in [0.25, 0.3) is 11.1 Å². The Morgan fingerprint density at radius 1 is 1.17 bits per heavy atom. The molecule has 0 aliphatic heterocycles. The van der Waals surface area contributed by atoms with E-state index >= 15 is 0 Å². The van der Waals surface area contributed by atoms with Gasteiger partial charge in [-0.05, 0) is 35.7 Å². The molecule has 4 N–H and O–H groups in total. The molecule has 1 unspecified atom stereocenters. The molecule has 2 aromatic carbocycles. The zero-order valence-corrected chi connectivity index (χ0v) is 16.5. The van der Waals surface area contributed by atoms with Crippen molar-refractivity contribution in [3.05, 3.63) is 71.0 Å². The number of hydrogen-bond acceptors (Lipinski definition) is 5. The monoisotopic (exact) mass is 416 g/mol. The van der Waals surface area contributed by atoms with Crippen LogP contribution in [0.5, 0.6) is 0 Å². The van der Waals surface area contributed by atoms with Crippen molar-refractivity contribution in [2.75, 3.05) is 6.61 Å². The van der Waals surface area contributed by atoms with Gasteiger partial charge in [-0.1, -0.05) is 48.0 Å². The van der Waals surface area contributed by atoms with Gasteiger partial charge in [-0.15, -0.1) is 0 Å². The molecule has 0 saturated heterocycles. The summed E-state index contributed by atoms with van der Waals surface area (Å²) in [4.78, 5) is 34.9. The van der Waals surface area contributed by atoms with Gasteiger partial charge in [0.2, 0.25) is 5.91 Å². The number of amides is 2. The number of carbonyl (C=O) groups is 3. The van der Waals surface area contributed by atoms with E-state index in [-0.39, 0.29) is 13.0 Å². The first kappa shape index (κ1) is 22.0. The lowest BCUT2D eigenvalue weighted by molar-refractivity contribution is -0.143. The fourth-order valence-electron chi connectivity index (χ4n) is 2.65. The zero-order chi connectivity index (χ0) is 21.4. The molecule has 0 aliphatic rings. The van der Waals surface area contributed by atoms with E-state index in [9.17, 15) is 19.5 Å². The van der Waals surface area contributed by atoms with E-state index in [1.807, 2.05) is 30.3 Å². The van der Waals surface area contributed by atoms with E-state index in [1.165, 1.54) is 0 Å². The first-order valence-electron chi connectivity index (χ1n) is 8.82. The molecule has 152 valence electrons. The van der Waals surface area contributed by atoms with Crippen molar-refractivity contribution in [3.63, 3.8) is 0 Å². The van der Waals surface area contributed by atoms with Crippen molar-refractivity contribution in [3.8, 4) is 11.1 Å². The van der Waals surface area contributed by atoms with Crippen LogP contribution in [-0.4, -0.2) is 29.5 Å². The third-order valence-corrected chi connectivity index (χ3v) is 4.20. The van der Waals surface area contributed by atoms with Gasteiger partial charge in [-0.25, -0.2) is 0 Å². The predicted octanol–water partition coefficient (Wildman–Crippen LogP) is 3.04. The summed E-state index contributed by atoms with van der Waals surface area (Å²) in [6.45, 7) is 1.87. The molecule has 0 heterocycles. The summed E-state index contributed by atoms with van der Waals surface area (Å²) in [7, 11) is 0. The number of hydrogen-bond donors (Lipinski definition) is 3. The highest BCUT2D eigenvalue weighted by molar-refractivity contribution is 6.30. The van der Waals surface area contributed by atoms with Gasteiger partial charge in [0, 0.05) is 5.02 Å². The largest absolute Gasteiger partial charge is 0.503 e. The molecular weight excluding hydrogens is 396 g/mol. The maximum absolute atomic E-state index is 12.1. The molecular formula is C21H21ClN2O5. The summed E-state index contributed by atoms with van der Waals surface area (Å²) >= 11 is 6.03. The highest BCUT2D eigenvalue weighted by Crippen LogP contribution is 2.26. The molecule has 0 aliphatic carbocycles. The smallest absolute Gasteiger partial charge is 0.308 e. The number of halogens is 1. The average Bonchev–Trinajstić information content (AvgIpc) is 2.67. The Morgan fingerprint density at radius 3 is 2.45 bits per heavy atom. The minimum Gasteiger partial charge on any atom is -0.503 e. The second-order valence-corrected chi connectivity index (χ2v) is 6.54. The van der Waals surface area contributed by atoms with Crippen LogP contribution in [0.1, 0.15) is 24.9 Å². The number of primary amides is 1. The number of esters is 1. The fourth-order valence-corrected chi connectivity index (χ4v) is 2.84. The van der Waals surface area contributed by atoms with Crippen molar-refractivity contribution < 1.29 is 24.2 Å². The van der Waals surface area contributed by atoms with Crippen LogP contribution in [0, 0.1) is 0 Å². The Bertz CT molecular complexity index is 925. The lowest BCUT2D eigenvalue weighted by Gasteiger charge is -2.19. The molecule has 29 heavy (non-hydrogen) atoms. The number of benzene rings is 2. The van der Waals surface area contributed by atoms with Crippen molar-refractivity contribution >= 4 is 29.4 Å². The highest BCUT2D eigenvalue weighted by Gasteiger charge is 2.21. The zero-order valence-electron chi connectivity index (χ0n) is 15.7. The average molecular weight is 417 g/mol. The van der Waals surface area contributed by atoms with Gasteiger partial charge < -0.3 is 20.9 Å². The van der Waals surface area contributed by atoms with Gasteiger partial charge in [0.05, 0.1) is 25.1 Å². The lowest BCUT2D eigenvalue weighted by atomic mass is 9.99. The SMILES string of the molecule is CCOC(=O)CC(NC(=O)/C(O)=C/C(N)=O)c1ccc(-c2cccc(Cl)c2)cc1. The number of ether oxygens (including phenoxy) is 1. The van der Waals surface area contributed by atoms with Crippen LogP contribution < -0.4 is 11.1 Å². The minimum atomic E-state index is -0.967. The van der Waals surface area contributed by atoms with Crippen molar-refractivity contribution in [1.29, 1.82) is 0 Å². The molecule has 2 aromatic rings. The van der Waals surface area contributed by atoms with Gasteiger partial charge >= 0.3 is 5.97 Å². The summed E-state index contributed by atoms with van der Waals surface area (Å²) in [6.07, 6.45) is 0.443. The predicted molar refractivity (Wildman–Crippen MR) is 109 cm³/mol. The molecule has 1 atom stereocenters. The number of aliphatic hydroxyl groups is 1. The summed E-state index contributed by atoms with van der Waals surface area (Å²) in [5.41, 5.74) is 7.36. The minimum absolute atomic E-state index is 0.153. The number of aliphatic hydroxyl groups excluding tert-OH is 1. The van der Waals surface area contributed by atoms with E-state index < -0.39 is 29.6 Å². The number of nitrogens with two attached hydrogens (primary N) is 1. The van der Waals surface area contributed by atoms with E-state index in [0.29, 0.717) is 16.7 Å².